The van der Waals surface area contributed by atoms with Crippen LogP contribution in [0.1, 0.15) is 42.3 Å². The van der Waals surface area contributed by atoms with E-state index in [2.05, 4.69) is 46.8 Å². The average Bonchev–Trinajstić information content (AvgIpc) is 3.32. The molecule has 0 aliphatic rings. The first kappa shape index (κ1) is 24.7. The zero-order valence-corrected chi connectivity index (χ0v) is 20.3. The second-order valence-electron chi connectivity index (χ2n) is 9.41. The Labute approximate surface area is 208 Å². The normalized spacial score (nSPS) is 11.2. The maximum Gasteiger partial charge on any atom is 0.255 e. The molecule has 3 aromatic carbocycles. The van der Waals surface area contributed by atoms with E-state index in [9.17, 15) is 14.0 Å². The maximum atomic E-state index is 13.0. The Balaban J connectivity index is 1.31. The summed E-state index contributed by atoms with van der Waals surface area (Å²) in [4.78, 5) is 26.0. The third-order valence-corrected chi connectivity index (χ3v) is 5.55. The molecule has 9 heteroatoms. The van der Waals surface area contributed by atoms with Crippen molar-refractivity contribution in [3.8, 4) is 11.4 Å². The molecule has 2 amide bonds. The molecule has 0 radical (unpaired) electrons. The van der Waals surface area contributed by atoms with Gasteiger partial charge < -0.3 is 10.6 Å². The largest absolute Gasteiger partial charge is 0.350 e. The summed E-state index contributed by atoms with van der Waals surface area (Å²) in [7, 11) is 0. The van der Waals surface area contributed by atoms with Gasteiger partial charge in [0.15, 0.2) is 0 Å². The minimum Gasteiger partial charge on any atom is -0.350 e. The van der Waals surface area contributed by atoms with Crippen LogP contribution >= 0.6 is 0 Å². The van der Waals surface area contributed by atoms with Crippen LogP contribution in [0, 0.1) is 5.82 Å². The van der Waals surface area contributed by atoms with E-state index in [1.54, 1.807) is 36.4 Å². The van der Waals surface area contributed by atoms with Gasteiger partial charge in [-0.05, 0) is 70.3 Å². The van der Waals surface area contributed by atoms with Crippen molar-refractivity contribution in [2.75, 3.05) is 5.32 Å². The van der Waals surface area contributed by atoms with E-state index in [1.165, 1.54) is 16.9 Å². The van der Waals surface area contributed by atoms with Crippen molar-refractivity contribution in [3.63, 3.8) is 0 Å². The fourth-order valence-electron chi connectivity index (χ4n) is 3.44. The first-order valence-corrected chi connectivity index (χ1v) is 11.5. The average molecular weight is 487 g/mol. The Bertz CT molecular complexity index is 1340. The Kier molecular flexibility index (Phi) is 7.19. The number of amides is 2. The van der Waals surface area contributed by atoms with Crippen LogP contribution < -0.4 is 10.6 Å². The number of aromatic nitrogens is 4. The Morgan fingerprint density at radius 3 is 2.22 bits per heavy atom. The lowest BCUT2D eigenvalue weighted by Gasteiger charge is -2.19. The summed E-state index contributed by atoms with van der Waals surface area (Å²) in [6, 6.07) is 20.5. The highest BCUT2D eigenvalue weighted by atomic mass is 19.1. The van der Waals surface area contributed by atoms with Gasteiger partial charge in [-0.3, -0.25) is 9.59 Å². The summed E-state index contributed by atoms with van der Waals surface area (Å²) in [6.45, 7) is 6.55. The number of benzene rings is 3. The first-order valence-electron chi connectivity index (χ1n) is 11.5. The van der Waals surface area contributed by atoms with Crippen molar-refractivity contribution in [2.45, 2.75) is 39.3 Å². The molecule has 1 aromatic heterocycles. The van der Waals surface area contributed by atoms with Crippen molar-refractivity contribution in [3.05, 3.63) is 95.3 Å². The molecule has 36 heavy (non-hydrogen) atoms. The number of hydrogen-bond donors (Lipinski definition) is 2. The van der Waals surface area contributed by atoms with Gasteiger partial charge in [0.25, 0.3) is 5.91 Å². The molecular weight excluding hydrogens is 459 g/mol. The second-order valence-corrected chi connectivity index (χ2v) is 9.41. The van der Waals surface area contributed by atoms with E-state index in [4.69, 9.17) is 0 Å². The van der Waals surface area contributed by atoms with Crippen LogP contribution in [0.5, 0.6) is 0 Å². The van der Waals surface area contributed by atoms with Crippen LogP contribution in [0.3, 0.4) is 0 Å². The predicted molar refractivity (Wildman–Crippen MR) is 135 cm³/mol. The molecule has 0 bridgehead atoms. The molecule has 0 unspecified atom stereocenters. The minimum absolute atomic E-state index is 0.0223. The monoisotopic (exact) mass is 486 g/mol. The fourth-order valence-corrected chi connectivity index (χ4v) is 3.44. The van der Waals surface area contributed by atoms with Gasteiger partial charge in [-0.25, -0.2) is 4.39 Å². The molecule has 4 aromatic rings. The minimum atomic E-state index is -0.328. The summed E-state index contributed by atoms with van der Waals surface area (Å²) >= 11 is 0. The molecule has 0 aliphatic heterocycles. The molecule has 0 saturated carbocycles. The lowest BCUT2D eigenvalue weighted by Crippen LogP contribution is -2.28. The van der Waals surface area contributed by atoms with Gasteiger partial charge in [0, 0.05) is 23.4 Å². The van der Waals surface area contributed by atoms with Crippen LogP contribution in [0.4, 0.5) is 10.1 Å². The van der Waals surface area contributed by atoms with Gasteiger partial charge in [0.05, 0.1) is 0 Å². The van der Waals surface area contributed by atoms with E-state index < -0.39 is 0 Å². The van der Waals surface area contributed by atoms with Crippen molar-refractivity contribution in [1.29, 1.82) is 0 Å². The summed E-state index contributed by atoms with van der Waals surface area (Å²) < 4.78 is 13.0. The lowest BCUT2D eigenvalue weighted by molar-refractivity contribution is -0.122. The summed E-state index contributed by atoms with van der Waals surface area (Å²) in [5, 5.41) is 17.8. The molecule has 0 aliphatic carbocycles. The number of carbonyl (C=O) groups is 2. The standard InChI is InChI=1S/C27H27FN6O2/c1-27(2,3)21-10-6-20(7-11-21)26(36)30-23-14-8-19(9-15-23)25-31-33-34(32-25)17-24(35)29-16-18-4-12-22(28)13-5-18/h4-15H,16-17H2,1-3H3,(H,29,35)(H,30,36). The third kappa shape index (κ3) is 6.38. The van der Waals surface area contributed by atoms with Gasteiger partial charge >= 0.3 is 0 Å². The van der Waals surface area contributed by atoms with Crippen molar-refractivity contribution in [2.24, 2.45) is 0 Å². The number of nitrogens with zero attached hydrogens (tertiary/aromatic N) is 4. The highest BCUT2D eigenvalue weighted by Gasteiger charge is 2.15. The van der Waals surface area contributed by atoms with Crippen LogP contribution in [0.25, 0.3) is 11.4 Å². The van der Waals surface area contributed by atoms with Crippen molar-refractivity contribution in [1.82, 2.24) is 25.5 Å². The highest BCUT2D eigenvalue weighted by Crippen LogP contribution is 2.23. The molecule has 0 atom stereocenters. The smallest absolute Gasteiger partial charge is 0.255 e. The predicted octanol–water partition coefficient (Wildman–Crippen LogP) is 4.35. The van der Waals surface area contributed by atoms with Gasteiger partial charge in [0.1, 0.15) is 12.4 Å². The fraction of sp³-hybridized carbons (Fsp3) is 0.222. The maximum absolute atomic E-state index is 13.0. The highest BCUT2D eigenvalue weighted by molar-refractivity contribution is 6.04. The van der Waals surface area contributed by atoms with Crippen molar-refractivity contribution < 1.29 is 14.0 Å². The van der Waals surface area contributed by atoms with Crippen LogP contribution in [-0.4, -0.2) is 32.0 Å². The summed E-state index contributed by atoms with van der Waals surface area (Å²) in [5.74, 6) is -0.460. The molecular formula is C27H27FN6O2. The molecule has 2 N–H and O–H groups in total. The first-order chi connectivity index (χ1) is 17.2. The van der Waals surface area contributed by atoms with Crippen LogP contribution in [0.15, 0.2) is 72.8 Å². The number of nitrogens with one attached hydrogen (secondary N) is 2. The summed E-state index contributed by atoms with van der Waals surface area (Å²) in [6.07, 6.45) is 0. The molecule has 8 nitrogen and oxygen atoms in total. The van der Waals surface area contributed by atoms with Crippen molar-refractivity contribution >= 4 is 17.5 Å². The SMILES string of the molecule is CC(C)(C)c1ccc(C(=O)Nc2ccc(-c3nnn(CC(=O)NCc4ccc(F)cc4)n3)cc2)cc1. The third-order valence-electron chi connectivity index (χ3n) is 5.55. The number of anilines is 1. The number of tetrazole rings is 1. The number of hydrogen-bond acceptors (Lipinski definition) is 5. The van der Waals surface area contributed by atoms with E-state index in [-0.39, 0.29) is 36.1 Å². The van der Waals surface area contributed by atoms with E-state index in [0.717, 1.165) is 11.1 Å². The Morgan fingerprint density at radius 2 is 1.58 bits per heavy atom. The van der Waals surface area contributed by atoms with Gasteiger partial charge in [-0.2, -0.15) is 4.80 Å². The van der Waals surface area contributed by atoms with E-state index in [1.807, 2.05) is 24.3 Å². The van der Waals surface area contributed by atoms with Crippen LogP contribution in [-0.2, 0) is 23.3 Å². The molecule has 184 valence electrons. The molecule has 0 spiro atoms. The number of halogens is 1. The second kappa shape index (κ2) is 10.5. The number of carbonyl (C=O) groups excluding carboxylic acids is 2. The van der Waals surface area contributed by atoms with E-state index >= 15 is 0 Å². The van der Waals surface area contributed by atoms with Crippen LogP contribution in [0.2, 0.25) is 0 Å². The summed E-state index contributed by atoms with van der Waals surface area (Å²) in [5.41, 5.74) is 3.88. The van der Waals surface area contributed by atoms with Gasteiger partial charge in [0.2, 0.25) is 11.7 Å². The zero-order chi connectivity index (χ0) is 25.7. The Hall–Kier alpha value is -4.40. The Morgan fingerprint density at radius 1 is 0.917 bits per heavy atom. The van der Waals surface area contributed by atoms with Gasteiger partial charge in [-0.1, -0.05) is 45.0 Å². The zero-order valence-electron chi connectivity index (χ0n) is 20.3. The molecule has 1 heterocycles. The van der Waals surface area contributed by atoms with E-state index in [0.29, 0.717) is 22.6 Å². The molecule has 4 rings (SSSR count). The topological polar surface area (TPSA) is 102 Å². The lowest BCUT2D eigenvalue weighted by atomic mass is 9.87. The molecule has 0 fully saturated rings. The molecule has 0 saturated heterocycles. The number of rotatable bonds is 7. The van der Waals surface area contributed by atoms with Gasteiger partial charge in [-0.15, -0.1) is 10.2 Å². The quantitative estimate of drug-likeness (QED) is 0.405.